The molecule has 5 heteroatoms. The van der Waals surface area contributed by atoms with Gasteiger partial charge in [-0.3, -0.25) is 4.79 Å². The summed E-state index contributed by atoms with van der Waals surface area (Å²) < 4.78 is 1.01. The van der Waals surface area contributed by atoms with E-state index in [0.717, 1.165) is 55.6 Å². The van der Waals surface area contributed by atoms with Gasteiger partial charge in [0, 0.05) is 36.2 Å². The number of anilines is 1. The molecule has 0 radical (unpaired) electrons. The molecule has 1 aliphatic heterocycles. The maximum Gasteiger partial charge on any atom is 0.223 e. The number of nitrogens with one attached hydrogen (secondary N) is 1. The maximum absolute atomic E-state index is 12.1. The second kappa shape index (κ2) is 7.78. The average Bonchev–Trinajstić information content (AvgIpc) is 2.48. The van der Waals surface area contributed by atoms with E-state index in [2.05, 4.69) is 51.0 Å². The van der Waals surface area contributed by atoms with E-state index in [1.807, 2.05) is 6.20 Å². The Kier molecular flexibility index (Phi) is 6.03. The molecule has 4 nitrogen and oxygen atoms in total. The Morgan fingerprint density at radius 1 is 1.48 bits per heavy atom. The summed E-state index contributed by atoms with van der Waals surface area (Å²) in [6.45, 7) is 6.83. The van der Waals surface area contributed by atoms with Crippen LogP contribution in [0.4, 0.5) is 5.82 Å². The van der Waals surface area contributed by atoms with Crippen molar-refractivity contribution in [2.75, 3.05) is 24.5 Å². The van der Waals surface area contributed by atoms with Crippen molar-refractivity contribution in [2.45, 2.75) is 39.5 Å². The molecular weight excluding hydrogens is 330 g/mol. The number of amides is 1. The van der Waals surface area contributed by atoms with Crippen molar-refractivity contribution in [3.05, 3.63) is 22.3 Å². The molecule has 1 fully saturated rings. The average molecular weight is 354 g/mol. The summed E-state index contributed by atoms with van der Waals surface area (Å²) in [5.41, 5.74) is 1.18. The van der Waals surface area contributed by atoms with Crippen molar-refractivity contribution in [3.8, 4) is 0 Å². The molecule has 1 aromatic rings. The van der Waals surface area contributed by atoms with E-state index in [9.17, 15) is 4.79 Å². The third-order valence-electron chi connectivity index (χ3n) is 4.01. The number of piperidine rings is 1. The fraction of sp³-hybridized carbons (Fsp3) is 0.625. The van der Waals surface area contributed by atoms with Gasteiger partial charge in [0.2, 0.25) is 5.91 Å². The summed E-state index contributed by atoms with van der Waals surface area (Å²) in [7, 11) is 0. The molecule has 0 unspecified atom stereocenters. The molecule has 1 saturated heterocycles. The SMILES string of the molecule is CCCCNC(=O)C1CCN(c2ncc(Br)cc2C)CC1. The molecule has 0 aromatic carbocycles. The zero-order valence-corrected chi connectivity index (χ0v) is 14.4. The van der Waals surface area contributed by atoms with Crippen LogP contribution in [0.25, 0.3) is 0 Å². The summed E-state index contributed by atoms with van der Waals surface area (Å²) in [5.74, 6) is 1.43. The van der Waals surface area contributed by atoms with Crippen LogP contribution in [0.2, 0.25) is 0 Å². The number of aromatic nitrogens is 1. The van der Waals surface area contributed by atoms with E-state index in [1.165, 1.54) is 5.56 Å². The Hall–Kier alpha value is -1.10. The number of pyridine rings is 1. The van der Waals surface area contributed by atoms with Gasteiger partial charge in [0.05, 0.1) is 0 Å². The van der Waals surface area contributed by atoms with Gasteiger partial charge in [0.15, 0.2) is 0 Å². The van der Waals surface area contributed by atoms with Crippen molar-refractivity contribution in [1.29, 1.82) is 0 Å². The summed E-state index contributed by atoms with van der Waals surface area (Å²) in [4.78, 5) is 18.9. The first-order valence-corrected chi connectivity index (χ1v) is 8.56. The molecule has 0 aliphatic carbocycles. The van der Waals surface area contributed by atoms with Crippen molar-refractivity contribution in [2.24, 2.45) is 5.92 Å². The molecule has 0 spiro atoms. The van der Waals surface area contributed by atoms with Crippen LogP contribution in [0.1, 0.15) is 38.2 Å². The molecular formula is C16H24BrN3O. The molecule has 0 bridgehead atoms. The van der Waals surface area contributed by atoms with Gasteiger partial charge in [0.25, 0.3) is 0 Å². The number of carbonyl (C=O) groups is 1. The van der Waals surface area contributed by atoms with Crippen LogP contribution in [-0.4, -0.2) is 30.5 Å². The van der Waals surface area contributed by atoms with Crippen molar-refractivity contribution in [3.63, 3.8) is 0 Å². The molecule has 1 N–H and O–H groups in total. The highest BCUT2D eigenvalue weighted by Crippen LogP contribution is 2.26. The predicted octanol–water partition coefficient (Wildman–Crippen LogP) is 3.29. The lowest BCUT2D eigenvalue weighted by molar-refractivity contribution is -0.125. The summed E-state index contributed by atoms with van der Waals surface area (Å²) in [5, 5.41) is 3.05. The number of hydrogen-bond donors (Lipinski definition) is 1. The van der Waals surface area contributed by atoms with Gasteiger partial charge in [-0.25, -0.2) is 4.98 Å². The highest BCUT2D eigenvalue weighted by molar-refractivity contribution is 9.10. The highest BCUT2D eigenvalue weighted by Gasteiger charge is 2.25. The lowest BCUT2D eigenvalue weighted by Gasteiger charge is -2.33. The Bertz CT molecular complexity index is 484. The largest absolute Gasteiger partial charge is 0.356 e. The molecule has 0 atom stereocenters. The topological polar surface area (TPSA) is 45.2 Å². The lowest BCUT2D eigenvalue weighted by Crippen LogP contribution is -2.41. The lowest BCUT2D eigenvalue weighted by atomic mass is 9.95. The zero-order chi connectivity index (χ0) is 15.2. The Balaban J connectivity index is 1.86. The normalized spacial score (nSPS) is 16.0. The molecule has 2 heterocycles. The number of unbranched alkanes of at least 4 members (excludes halogenated alkanes) is 1. The van der Waals surface area contributed by atoms with Crippen LogP contribution >= 0.6 is 15.9 Å². The molecule has 2 rings (SSSR count). The number of carbonyl (C=O) groups excluding carboxylic acids is 1. The van der Waals surface area contributed by atoms with E-state index < -0.39 is 0 Å². The second-order valence-corrected chi connectivity index (χ2v) is 6.62. The number of rotatable bonds is 5. The fourth-order valence-electron chi connectivity index (χ4n) is 2.75. The van der Waals surface area contributed by atoms with Crippen molar-refractivity contribution < 1.29 is 4.79 Å². The van der Waals surface area contributed by atoms with Crippen LogP contribution in [0.15, 0.2) is 16.7 Å². The molecule has 1 amide bonds. The summed E-state index contributed by atoms with van der Waals surface area (Å²) in [6.07, 6.45) is 5.84. The Labute approximate surface area is 135 Å². The number of hydrogen-bond acceptors (Lipinski definition) is 3. The van der Waals surface area contributed by atoms with Crippen molar-refractivity contribution >= 4 is 27.7 Å². The third-order valence-corrected chi connectivity index (χ3v) is 4.45. The van der Waals surface area contributed by atoms with Crippen LogP contribution in [0.3, 0.4) is 0 Å². The van der Waals surface area contributed by atoms with Gasteiger partial charge in [-0.05, 0) is 53.7 Å². The minimum absolute atomic E-state index is 0.161. The first kappa shape index (κ1) is 16.3. The zero-order valence-electron chi connectivity index (χ0n) is 12.9. The molecule has 1 aromatic heterocycles. The summed E-state index contributed by atoms with van der Waals surface area (Å²) >= 11 is 3.44. The Morgan fingerprint density at radius 3 is 2.81 bits per heavy atom. The molecule has 1 aliphatic rings. The van der Waals surface area contributed by atoms with E-state index >= 15 is 0 Å². The predicted molar refractivity (Wildman–Crippen MR) is 89.5 cm³/mol. The minimum atomic E-state index is 0.161. The number of halogens is 1. The number of aryl methyl sites for hydroxylation is 1. The monoisotopic (exact) mass is 353 g/mol. The number of nitrogens with zero attached hydrogens (tertiary/aromatic N) is 2. The van der Waals surface area contributed by atoms with E-state index in [0.29, 0.717) is 0 Å². The summed E-state index contributed by atoms with van der Waals surface area (Å²) in [6, 6.07) is 2.09. The van der Waals surface area contributed by atoms with E-state index in [-0.39, 0.29) is 11.8 Å². The quantitative estimate of drug-likeness (QED) is 0.826. The van der Waals surface area contributed by atoms with Gasteiger partial charge in [-0.2, -0.15) is 0 Å². The van der Waals surface area contributed by atoms with Gasteiger partial charge >= 0.3 is 0 Å². The van der Waals surface area contributed by atoms with Crippen LogP contribution < -0.4 is 10.2 Å². The smallest absolute Gasteiger partial charge is 0.223 e. The van der Waals surface area contributed by atoms with Crippen LogP contribution in [0.5, 0.6) is 0 Å². The van der Waals surface area contributed by atoms with Crippen molar-refractivity contribution in [1.82, 2.24) is 10.3 Å². The van der Waals surface area contributed by atoms with Gasteiger partial charge < -0.3 is 10.2 Å². The van der Waals surface area contributed by atoms with E-state index in [1.54, 1.807) is 0 Å². The highest BCUT2D eigenvalue weighted by atomic mass is 79.9. The van der Waals surface area contributed by atoms with Crippen LogP contribution in [-0.2, 0) is 4.79 Å². The van der Waals surface area contributed by atoms with Gasteiger partial charge in [-0.1, -0.05) is 13.3 Å². The minimum Gasteiger partial charge on any atom is -0.356 e. The Morgan fingerprint density at radius 2 is 2.19 bits per heavy atom. The molecule has 116 valence electrons. The first-order valence-electron chi connectivity index (χ1n) is 7.76. The third kappa shape index (κ3) is 4.43. The second-order valence-electron chi connectivity index (χ2n) is 5.70. The maximum atomic E-state index is 12.1. The van der Waals surface area contributed by atoms with Gasteiger partial charge in [-0.15, -0.1) is 0 Å². The standard InChI is InChI=1S/C16H24BrN3O/c1-3-4-7-18-16(21)13-5-8-20(9-6-13)15-12(2)10-14(17)11-19-15/h10-11,13H,3-9H2,1-2H3,(H,18,21). The van der Waals surface area contributed by atoms with E-state index in [4.69, 9.17) is 0 Å². The molecule has 21 heavy (non-hydrogen) atoms. The van der Waals surface area contributed by atoms with Gasteiger partial charge in [0.1, 0.15) is 5.82 Å². The fourth-order valence-corrected chi connectivity index (χ4v) is 3.20. The van der Waals surface area contributed by atoms with Crippen LogP contribution in [0, 0.1) is 12.8 Å². The molecule has 0 saturated carbocycles. The first-order chi connectivity index (χ1) is 10.1.